The number of benzene rings is 2. The Kier molecular flexibility index (Phi) is 5.10. The Hall–Kier alpha value is -3.13. The lowest BCUT2D eigenvalue weighted by Gasteiger charge is -2.05. The van der Waals surface area contributed by atoms with E-state index in [9.17, 15) is 14.7 Å². The smallest absolute Gasteiger partial charge is 0.278 e. The van der Waals surface area contributed by atoms with Gasteiger partial charge in [-0.25, -0.2) is 0 Å². The fourth-order valence-corrected chi connectivity index (χ4v) is 2.65. The van der Waals surface area contributed by atoms with Crippen LogP contribution in [-0.4, -0.2) is 31.9 Å². The maximum Gasteiger partial charge on any atom is 0.278 e. The SMILES string of the molecule is O=C(CSc1nnc(-c2ccccc2)c(=O)[nH]1)Nc1ccc(O)cc1. The number of hydrogen-bond donors (Lipinski definition) is 3. The minimum Gasteiger partial charge on any atom is -0.508 e. The summed E-state index contributed by atoms with van der Waals surface area (Å²) in [5, 5.41) is 20.1. The molecule has 3 N–H and O–H groups in total. The molecule has 7 nitrogen and oxygen atoms in total. The summed E-state index contributed by atoms with van der Waals surface area (Å²) < 4.78 is 0. The predicted octanol–water partition coefficient (Wildman–Crippen LogP) is 2.27. The van der Waals surface area contributed by atoms with E-state index in [2.05, 4.69) is 20.5 Å². The molecule has 0 fully saturated rings. The molecule has 1 heterocycles. The van der Waals surface area contributed by atoms with Crippen molar-refractivity contribution in [3.05, 3.63) is 65.0 Å². The van der Waals surface area contributed by atoms with Crippen molar-refractivity contribution in [3.63, 3.8) is 0 Å². The van der Waals surface area contributed by atoms with E-state index in [1.807, 2.05) is 18.2 Å². The number of H-pyrrole nitrogens is 1. The molecule has 0 saturated heterocycles. The first kappa shape index (κ1) is 16.7. The monoisotopic (exact) mass is 354 g/mol. The third-order valence-electron chi connectivity index (χ3n) is 3.21. The first-order chi connectivity index (χ1) is 12.1. The van der Waals surface area contributed by atoms with Gasteiger partial charge in [0.05, 0.1) is 5.75 Å². The fourth-order valence-electron chi connectivity index (χ4n) is 2.05. The molecule has 0 radical (unpaired) electrons. The van der Waals surface area contributed by atoms with Gasteiger partial charge in [0, 0.05) is 11.3 Å². The molecule has 0 aliphatic rings. The lowest BCUT2D eigenvalue weighted by Crippen LogP contribution is -2.17. The summed E-state index contributed by atoms with van der Waals surface area (Å²) in [5.74, 6) is -0.0693. The number of anilines is 1. The van der Waals surface area contributed by atoms with Crippen LogP contribution in [-0.2, 0) is 4.79 Å². The first-order valence-corrected chi connectivity index (χ1v) is 8.34. The fraction of sp³-hybridized carbons (Fsp3) is 0.0588. The summed E-state index contributed by atoms with van der Waals surface area (Å²) in [7, 11) is 0. The number of aromatic amines is 1. The third kappa shape index (κ3) is 4.45. The molecule has 2 aromatic carbocycles. The molecular weight excluding hydrogens is 340 g/mol. The summed E-state index contributed by atoms with van der Waals surface area (Å²) >= 11 is 1.08. The van der Waals surface area contributed by atoms with E-state index in [1.54, 1.807) is 24.3 Å². The number of carbonyl (C=O) groups excluding carboxylic acids is 1. The Morgan fingerprint density at radius 2 is 1.80 bits per heavy atom. The minimum absolute atomic E-state index is 0.0657. The van der Waals surface area contributed by atoms with E-state index >= 15 is 0 Å². The number of phenols is 1. The topological polar surface area (TPSA) is 108 Å². The first-order valence-electron chi connectivity index (χ1n) is 7.36. The van der Waals surface area contributed by atoms with Gasteiger partial charge >= 0.3 is 0 Å². The van der Waals surface area contributed by atoms with Crippen molar-refractivity contribution in [2.75, 3.05) is 11.1 Å². The second-order valence-corrected chi connectivity index (χ2v) is 6.02. The normalized spacial score (nSPS) is 10.4. The Morgan fingerprint density at radius 1 is 1.08 bits per heavy atom. The van der Waals surface area contributed by atoms with E-state index in [0.29, 0.717) is 11.3 Å². The van der Waals surface area contributed by atoms with Crippen LogP contribution in [0.5, 0.6) is 5.75 Å². The van der Waals surface area contributed by atoms with Crippen LogP contribution in [0, 0.1) is 0 Å². The molecule has 1 amide bonds. The van der Waals surface area contributed by atoms with Crippen molar-refractivity contribution in [1.29, 1.82) is 0 Å². The molecule has 0 aliphatic carbocycles. The zero-order chi connectivity index (χ0) is 17.6. The summed E-state index contributed by atoms with van der Waals surface area (Å²) in [4.78, 5) is 26.6. The van der Waals surface area contributed by atoms with Crippen molar-refractivity contribution < 1.29 is 9.90 Å². The molecule has 1 aromatic heterocycles. The average Bonchev–Trinajstić information content (AvgIpc) is 2.63. The molecular formula is C17H14N4O3S. The average molecular weight is 354 g/mol. The van der Waals surface area contributed by atoms with E-state index in [-0.39, 0.29) is 33.8 Å². The Bertz CT molecular complexity index is 927. The highest BCUT2D eigenvalue weighted by atomic mass is 32.2. The van der Waals surface area contributed by atoms with Gasteiger partial charge < -0.3 is 10.4 Å². The van der Waals surface area contributed by atoms with Gasteiger partial charge in [-0.3, -0.25) is 14.6 Å². The van der Waals surface area contributed by atoms with Crippen LogP contribution < -0.4 is 10.9 Å². The third-order valence-corrected chi connectivity index (χ3v) is 4.08. The Labute approximate surface area is 147 Å². The van der Waals surface area contributed by atoms with Gasteiger partial charge in [-0.05, 0) is 24.3 Å². The van der Waals surface area contributed by atoms with Crippen LogP contribution in [0.4, 0.5) is 5.69 Å². The van der Waals surface area contributed by atoms with Gasteiger partial charge in [-0.15, -0.1) is 10.2 Å². The van der Waals surface area contributed by atoms with Gasteiger partial charge in [0.2, 0.25) is 5.91 Å². The number of carbonyl (C=O) groups is 1. The molecule has 0 atom stereocenters. The zero-order valence-electron chi connectivity index (χ0n) is 13.0. The molecule has 8 heteroatoms. The second-order valence-electron chi connectivity index (χ2n) is 5.06. The van der Waals surface area contributed by atoms with Crippen LogP contribution in [0.2, 0.25) is 0 Å². The lowest BCUT2D eigenvalue weighted by atomic mass is 10.2. The van der Waals surface area contributed by atoms with Crippen molar-refractivity contribution >= 4 is 23.4 Å². The highest BCUT2D eigenvalue weighted by Crippen LogP contribution is 2.16. The van der Waals surface area contributed by atoms with E-state index in [0.717, 1.165) is 11.8 Å². The Morgan fingerprint density at radius 3 is 2.48 bits per heavy atom. The van der Waals surface area contributed by atoms with Gasteiger partial charge in [-0.1, -0.05) is 42.1 Å². The molecule has 3 rings (SSSR count). The zero-order valence-corrected chi connectivity index (χ0v) is 13.8. The van der Waals surface area contributed by atoms with Gasteiger partial charge in [0.1, 0.15) is 5.75 Å². The van der Waals surface area contributed by atoms with Crippen LogP contribution in [0.25, 0.3) is 11.3 Å². The molecule has 126 valence electrons. The number of nitrogens with one attached hydrogen (secondary N) is 2. The Balaban J connectivity index is 1.62. The highest BCUT2D eigenvalue weighted by Gasteiger charge is 2.09. The van der Waals surface area contributed by atoms with Crippen molar-refractivity contribution in [1.82, 2.24) is 15.2 Å². The molecule has 3 aromatic rings. The maximum atomic E-state index is 12.1. The van der Waals surface area contributed by atoms with Gasteiger partial charge in [-0.2, -0.15) is 0 Å². The van der Waals surface area contributed by atoms with Crippen LogP contribution in [0.3, 0.4) is 0 Å². The summed E-state index contributed by atoms with van der Waals surface area (Å²) in [5.41, 5.74) is 1.13. The van der Waals surface area contributed by atoms with Crippen LogP contribution in [0.15, 0.2) is 64.5 Å². The number of hydrogen-bond acceptors (Lipinski definition) is 6. The van der Waals surface area contributed by atoms with Crippen LogP contribution in [0.1, 0.15) is 0 Å². The molecule has 0 unspecified atom stereocenters. The van der Waals surface area contributed by atoms with E-state index in [4.69, 9.17) is 0 Å². The number of phenolic OH excluding ortho intramolecular Hbond substituents is 1. The molecule has 0 saturated carbocycles. The van der Waals surface area contributed by atoms with Crippen molar-refractivity contribution in [2.24, 2.45) is 0 Å². The summed E-state index contributed by atoms with van der Waals surface area (Å²) in [6.45, 7) is 0. The molecule has 0 aliphatic heterocycles. The summed E-state index contributed by atoms with van der Waals surface area (Å²) in [6, 6.07) is 15.2. The highest BCUT2D eigenvalue weighted by molar-refractivity contribution is 7.99. The lowest BCUT2D eigenvalue weighted by molar-refractivity contribution is -0.113. The van der Waals surface area contributed by atoms with E-state index < -0.39 is 0 Å². The number of amides is 1. The van der Waals surface area contributed by atoms with Crippen molar-refractivity contribution in [3.8, 4) is 17.0 Å². The number of rotatable bonds is 5. The second kappa shape index (κ2) is 7.63. The number of aromatic hydroxyl groups is 1. The largest absolute Gasteiger partial charge is 0.508 e. The molecule has 0 bridgehead atoms. The number of nitrogens with zero attached hydrogens (tertiary/aromatic N) is 2. The van der Waals surface area contributed by atoms with Gasteiger partial charge in [0.25, 0.3) is 5.56 Å². The predicted molar refractivity (Wildman–Crippen MR) is 95.5 cm³/mol. The standard InChI is InChI=1S/C17H14N4O3S/c22-13-8-6-12(7-9-13)18-14(23)10-25-17-19-16(24)15(20-21-17)11-4-2-1-3-5-11/h1-9,22H,10H2,(H,18,23)(H,19,21,24). The maximum absolute atomic E-state index is 12.1. The number of thioether (sulfide) groups is 1. The van der Waals surface area contributed by atoms with Gasteiger partial charge in [0.15, 0.2) is 10.9 Å². The quantitative estimate of drug-likeness (QED) is 0.479. The number of aromatic nitrogens is 3. The summed E-state index contributed by atoms with van der Waals surface area (Å²) in [6.07, 6.45) is 0. The van der Waals surface area contributed by atoms with E-state index in [1.165, 1.54) is 12.1 Å². The van der Waals surface area contributed by atoms with Crippen LogP contribution >= 0.6 is 11.8 Å². The van der Waals surface area contributed by atoms with Crippen molar-refractivity contribution in [2.45, 2.75) is 5.16 Å². The molecule has 0 spiro atoms. The minimum atomic E-state index is -0.359. The molecule has 25 heavy (non-hydrogen) atoms.